The summed E-state index contributed by atoms with van der Waals surface area (Å²) in [6.07, 6.45) is 1.93. The largest absolute Gasteiger partial charge is 0.383 e. The summed E-state index contributed by atoms with van der Waals surface area (Å²) in [5.74, 6) is 0. The van der Waals surface area contributed by atoms with Crippen molar-refractivity contribution in [3.05, 3.63) is 29.6 Å². The highest BCUT2D eigenvalue weighted by Crippen LogP contribution is 1.98. The normalized spacial score (nSPS) is 11.1. The molecule has 0 aliphatic heterocycles. The van der Waals surface area contributed by atoms with E-state index in [1.165, 1.54) is 5.56 Å². The van der Waals surface area contributed by atoms with Gasteiger partial charge in [0.15, 0.2) is 0 Å². The molecule has 0 fully saturated rings. The highest BCUT2D eigenvalue weighted by atomic mass is 16.5. The first-order chi connectivity index (χ1) is 8.22. The molecule has 1 heterocycles. The van der Waals surface area contributed by atoms with Gasteiger partial charge in [-0.15, -0.1) is 0 Å². The predicted octanol–water partition coefficient (Wildman–Crippen LogP) is 1.06. The number of aryl methyl sites for hydroxylation is 1. The van der Waals surface area contributed by atoms with E-state index < -0.39 is 0 Å². The topological polar surface area (TPSA) is 37.4 Å². The number of hydrogen-bond donors (Lipinski definition) is 1. The van der Waals surface area contributed by atoms with Gasteiger partial charge in [-0.1, -0.05) is 6.07 Å². The fourth-order valence-electron chi connectivity index (χ4n) is 1.46. The summed E-state index contributed by atoms with van der Waals surface area (Å²) in [5.41, 5.74) is 2.29. The van der Waals surface area contributed by atoms with E-state index in [2.05, 4.69) is 28.3 Å². The Balaban J connectivity index is 2.09. The average Bonchev–Trinajstić information content (AvgIpc) is 2.34. The molecule has 4 nitrogen and oxygen atoms in total. The first kappa shape index (κ1) is 14.1. The van der Waals surface area contributed by atoms with Crippen molar-refractivity contribution in [1.82, 2.24) is 15.2 Å². The van der Waals surface area contributed by atoms with Crippen LogP contribution < -0.4 is 5.32 Å². The van der Waals surface area contributed by atoms with Gasteiger partial charge in [0, 0.05) is 45.2 Å². The molecular weight excluding hydrogens is 214 g/mol. The number of aromatic nitrogens is 1. The second-order valence-corrected chi connectivity index (χ2v) is 4.28. The Kier molecular flexibility index (Phi) is 6.77. The van der Waals surface area contributed by atoms with Crippen LogP contribution in [0.4, 0.5) is 0 Å². The SMILES string of the molecule is COCCN(C)CCNCc1ccc(C)nc1. The zero-order valence-corrected chi connectivity index (χ0v) is 11.1. The van der Waals surface area contributed by atoms with E-state index in [9.17, 15) is 0 Å². The van der Waals surface area contributed by atoms with Crippen LogP contribution in [0.15, 0.2) is 18.3 Å². The monoisotopic (exact) mass is 237 g/mol. The maximum atomic E-state index is 5.03. The van der Waals surface area contributed by atoms with Crippen LogP contribution in [0.5, 0.6) is 0 Å². The Morgan fingerprint density at radius 1 is 1.35 bits per heavy atom. The van der Waals surface area contributed by atoms with Crippen molar-refractivity contribution >= 4 is 0 Å². The van der Waals surface area contributed by atoms with Crippen LogP contribution in [0, 0.1) is 6.92 Å². The summed E-state index contributed by atoms with van der Waals surface area (Å²) in [6, 6.07) is 4.16. The van der Waals surface area contributed by atoms with Gasteiger partial charge in [0.25, 0.3) is 0 Å². The van der Waals surface area contributed by atoms with Gasteiger partial charge in [0.1, 0.15) is 0 Å². The minimum atomic E-state index is 0.790. The van der Waals surface area contributed by atoms with Crippen LogP contribution >= 0.6 is 0 Å². The van der Waals surface area contributed by atoms with E-state index in [-0.39, 0.29) is 0 Å². The number of likely N-dealkylation sites (N-methyl/N-ethyl adjacent to an activating group) is 1. The molecule has 0 unspecified atom stereocenters. The van der Waals surface area contributed by atoms with Gasteiger partial charge in [-0.3, -0.25) is 4.98 Å². The second kappa shape index (κ2) is 8.17. The van der Waals surface area contributed by atoms with Gasteiger partial charge in [0.2, 0.25) is 0 Å². The Labute approximate surface area is 104 Å². The van der Waals surface area contributed by atoms with Gasteiger partial charge in [-0.05, 0) is 25.6 Å². The summed E-state index contributed by atoms with van der Waals surface area (Å²) in [4.78, 5) is 6.52. The summed E-state index contributed by atoms with van der Waals surface area (Å²) < 4.78 is 5.03. The summed E-state index contributed by atoms with van der Waals surface area (Å²) >= 11 is 0. The maximum absolute atomic E-state index is 5.03. The van der Waals surface area contributed by atoms with Crippen LogP contribution in [-0.4, -0.2) is 50.3 Å². The number of methoxy groups -OCH3 is 1. The zero-order chi connectivity index (χ0) is 12.5. The van der Waals surface area contributed by atoms with Crippen molar-refractivity contribution in [3.8, 4) is 0 Å². The molecule has 0 aromatic carbocycles. The van der Waals surface area contributed by atoms with Gasteiger partial charge >= 0.3 is 0 Å². The Bertz CT molecular complexity index is 300. The maximum Gasteiger partial charge on any atom is 0.0589 e. The van der Waals surface area contributed by atoms with E-state index in [1.54, 1.807) is 7.11 Å². The third kappa shape index (κ3) is 6.36. The van der Waals surface area contributed by atoms with Crippen molar-refractivity contribution in [2.45, 2.75) is 13.5 Å². The minimum Gasteiger partial charge on any atom is -0.383 e. The fraction of sp³-hybridized carbons (Fsp3) is 0.615. The van der Waals surface area contributed by atoms with Gasteiger partial charge in [-0.25, -0.2) is 0 Å². The molecule has 0 spiro atoms. The van der Waals surface area contributed by atoms with Crippen LogP contribution in [0.3, 0.4) is 0 Å². The summed E-state index contributed by atoms with van der Waals surface area (Å²) in [7, 11) is 3.84. The molecule has 0 amide bonds. The molecule has 1 rings (SSSR count). The van der Waals surface area contributed by atoms with Gasteiger partial charge in [-0.2, -0.15) is 0 Å². The van der Waals surface area contributed by atoms with E-state index in [0.29, 0.717) is 0 Å². The molecule has 0 saturated heterocycles. The fourth-order valence-corrected chi connectivity index (χ4v) is 1.46. The van der Waals surface area contributed by atoms with Crippen molar-refractivity contribution in [2.75, 3.05) is 40.4 Å². The standard InChI is InChI=1S/C13H23N3O/c1-12-4-5-13(11-15-12)10-14-6-7-16(2)8-9-17-3/h4-5,11,14H,6-10H2,1-3H3. The Morgan fingerprint density at radius 3 is 2.82 bits per heavy atom. The summed E-state index contributed by atoms with van der Waals surface area (Å²) in [5, 5.41) is 3.41. The number of rotatable bonds is 8. The summed E-state index contributed by atoms with van der Waals surface area (Å²) in [6.45, 7) is 6.66. The highest BCUT2D eigenvalue weighted by Gasteiger charge is 1.97. The molecule has 0 radical (unpaired) electrons. The molecule has 0 saturated carbocycles. The number of pyridine rings is 1. The van der Waals surface area contributed by atoms with Gasteiger partial charge < -0.3 is 15.0 Å². The third-order valence-electron chi connectivity index (χ3n) is 2.65. The molecule has 4 heteroatoms. The molecule has 0 bridgehead atoms. The van der Waals surface area contributed by atoms with E-state index >= 15 is 0 Å². The highest BCUT2D eigenvalue weighted by molar-refractivity contribution is 5.12. The number of hydrogen-bond acceptors (Lipinski definition) is 4. The van der Waals surface area contributed by atoms with Crippen molar-refractivity contribution in [2.24, 2.45) is 0 Å². The minimum absolute atomic E-state index is 0.790. The number of nitrogens with one attached hydrogen (secondary N) is 1. The molecule has 17 heavy (non-hydrogen) atoms. The Hall–Kier alpha value is -0.970. The number of nitrogens with zero attached hydrogens (tertiary/aromatic N) is 2. The van der Waals surface area contributed by atoms with Crippen LogP contribution in [0.1, 0.15) is 11.3 Å². The van der Waals surface area contributed by atoms with Gasteiger partial charge in [0.05, 0.1) is 6.61 Å². The van der Waals surface area contributed by atoms with E-state index in [4.69, 9.17) is 4.74 Å². The van der Waals surface area contributed by atoms with Crippen LogP contribution in [0.2, 0.25) is 0 Å². The molecule has 1 N–H and O–H groups in total. The Morgan fingerprint density at radius 2 is 2.18 bits per heavy atom. The first-order valence-electron chi connectivity index (χ1n) is 6.02. The predicted molar refractivity (Wildman–Crippen MR) is 70.1 cm³/mol. The lowest BCUT2D eigenvalue weighted by Gasteiger charge is -2.16. The average molecular weight is 237 g/mol. The van der Waals surface area contributed by atoms with Crippen molar-refractivity contribution in [3.63, 3.8) is 0 Å². The van der Waals surface area contributed by atoms with E-state index in [1.807, 2.05) is 19.2 Å². The lowest BCUT2D eigenvalue weighted by Crippen LogP contribution is -2.31. The molecule has 0 aliphatic rings. The smallest absolute Gasteiger partial charge is 0.0589 e. The molecule has 0 atom stereocenters. The first-order valence-corrected chi connectivity index (χ1v) is 6.02. The molecule has 1 aromatic heterocycles. The molecule has 96 valence electrons. The molecular formula is C13H23N3O. The van der Waals surface area contributed by atoms with Crippen LogP contribution in [0.25, 0.3) is 0 Å². The zero-order valence-electron chi connectivity index (χ0n) is 11.1. The quantitative estimate of drug-likeness (QED) is 0.686. The lowest BCUT2D eigenvalue weighted by molar-refractivity contribution is 0.161. The van der Waals surface area contributed by atoms with Crippen molar-refractivity contribution < 1.29 is 4.74 Å². The van der Waals surface area contributed by atoms with E-state index in [0.717, 1.165) is 38.5 Å². The third-order valence-corrected chi connectivity index (χ3v) is 2.65. The number of ether oxygens (including phenoxy) is 1. The lowest BCUT2D eigenvalue weighted by atomic mass is 10.2. The van der Waals surface area contributed by atoms with Crippen LogP contribution in [-0.2, 0) is 11.3 Å². The molecule has 0 aliphatic carbocycles. The molecule has 1 aromatic rings. The van der Waals surface area contributed by atoms with Crippen molar-refractivity contribution in [1.29, 1.82) is 0 Å². The second-order valence-electron chi connectivity index (χ2n) is 4.28.